The van der Waals surface area contributed by atoms with E-state index < -0.39 is 0 Å². The van der Waals surface area contributed by atoms with Gasteiger partial charge in [0.15, 0.2) is 0 Å². The van der Waals surface area contributed by atoms with Gasteiger partial charge in [-0.3, -0.25) is 0 Å². The van der Waals surface area contributed by atoms with Gasteiger partial charge in [0.1, 0.15) is 0 Å². The first-order valence-electron chi connectivity index (χ1n) is 0. The fourth-order valence-corrected chi connectivity index (χ4v) is 0. The van der Waals surface area contributed by atoms with Crippen molar-refractivity contribution in [3.8, 4) is 0 Å². The quantitative estimate of drug-likeness (QED) is 0.353. The van der Waals surface area contributed by atoms with Crippen LogP contribution in [0.5, 0.6) is 0 Å². The first-order chi connectivity index (χ1) is 0. The van der Waals surface area contributed by atoms with Crippen LogP contribution < -0.4 is 0 Å². The van der Waals surface area contributed by atoms with Crippen molar-refractivity contribution in [1.29, 1.82) is 0 Å². The van der Waals surface area contributed by atoms with Crippen LogP contribution in [0, 0.1) is 0 Å². The Morgan fingerprint density at radius 1 is 1.00 bits per heavy atom. The van der Waals surface area contributed by atoms with Gasteiger partial charge >= 0.3 is 48.3 Å². The van der Waals surface area contributed by atoms with Gasteiger partial charge in [0.25, 0.3) is 0 Å². The third-order valence-electron chi connectivity index (χ3n) is 0. The Morgan fingerprint density at radius 3 is 1.00 bits per heavy atom. The molecular formula is H8FePSbSn. The van der Waals surface area contributed by atoms with Crippen LogP contribution in [0.25, 0.3) is 0 Å². The molecular weight excluding hydrogens is 327 g/mol. The van der Waals surface area contributed by atoms with Crippen LogP contribution >= 0.6 is 9.90 Å². The summed E-state index contributed by atoms with van der Waals surface area (Å²) in [5, 5.41) is 0. The molecule has 1 unspecified atom stereocenters. The molecule has 0 rings (SSSR count). The Labute approximate surface area is 74.4 Å². The van der Waals surface area contributed by atoms with Crippen LogP contribution in [0.15, 0.2) is 0 Å². The monoisotopic (exact) mass is 336 g/mol. The zero-order chi connectivity index (χ0) is 0. The van der Waals surface area contributed by atoms with Crippen molar-refractivity contribution in [2.24, 2.45) is 0 Å². The summed E-state index contributed by atoms with van der Waals surface area (Å²) in [6.45, 7) is 0. The van der Waals surface area contributed by atoms with Crippen LogP contribution in [0.1, 0.15) is 0 Å². The molecule has 30 valence electrons. The van der Waals surface area contributed by atoms with Crippen molar-refractivity contribution in [1.82, 2.24) is 0 Å². The van der Waals surface area contributed by atoms with Crippen molar-refractivity contribution in [2.45, 2.75) is 0 Å². The second kappa shape index (κ2) is 17.6. The van der Waals surface area contributed by atoms with Gasteiger partial charge in [-0.05, 0) is 0 Å². The Balaban J connectivity index is 0. The average molecular weight is 335 g/mol. The van der Waals surface area contributed by atoms with Gasteiger partial charge in [-0.15, -0.1) is 0 Å². The second-order valence-corrected chi connectivity index (χ2v) is 0. The van der Waals surface area contributed by atoms with Crippen molar-refractivity contribution < 1.29 is 17.1 Å². The van der Waals surface area contributed by atoms with E-state index in [1.165, 1.54) is 0 Å². The van der Waals surface area contributed by atoms with E-state index in [0.29, 0.717) is 0 Å². The average Bonchev–Trinajstić information content (AvgIpc) is 0. The molecule has 2 radical (unpaired) electrons. The predicted octanol–water partition coefficient (Wildman–Crippen LogP) is -2.04. The molecule has 0 saturated heterocycles. The number of hydrogen-bond donors (Lipinski definition) is 0. The first kappa shape index (κ1) is 30.9. The molecule has 0 bridgehead atoms. The van der Waals surface area contributed by atoms with Gasteiger partial charge in [-0.1, -0.05) is 0 Å². The van der Waals surface area contributed by atoms with Gasteiger partial charge < -0.3 is 0 Å². The van der Waals surface area contributed by atoms with Gasteiger partial charge in [-0.25, -0.2) is 0 Å². The standard InChI is InChI=1S/Fe.H3P.Sb.Sn.5H/h;1H3;;;;;;;. The van der Waals surface area contributed by atoms with Crippen molar-refractivity contribution in [3.05, 3.63) is 0 Å². The minimum atomic E-state index is 0. The normalized spacial score (nSPS) is 0. The molecule has 0 aromatic heterocycles. The summed E-state index contributed by atoms with van der Waals surface area (Å²) in [7, 11) is 0. The van der Waals surface area contributed by atoms with Crippen LogP contribution in [0.4, 0.5) is 0 Å². The number of rotatable bonds is 0. The summed E-state index contributed by atoms with van der Waals surface area (Å²) in [6.07, 6.45) is 0. The minimum absolute atomic E-state index is 0. The van der Waals surface area contributed by atoms with E-state index in [1.807, 2.05) is 0 Å². The van der Waals surface area contributed by atoms with E-state index in [0.717, 1.165) is 0 Å². The van der Waals surface area contributed by atoms with E-state index in [9.17, 15) is 0 Å². The summed E-state index contributed by atoms with van der Waals surface area (Å²) < 4.78 is 0. The van der Waals surface area contributed by atoms with Crippen molar-refractivity contribution >= 4 is 58.2 Å². The maximum atomic E-state index is 0. The third-order valence-corrected chi connectivity index (χ3v) is 0. The molecule has 0 saturated carbocycles. The predicted molar refractivity (Wildman–Crippen MR) is 29.6 cm³/mol. The summed E-state index contributed by atoms with van der Waals surface area (Å²) in [5.74, 6) is 0. The molecule has 0 fully saturated rings. The SMILES string of the molecule is P.[Fe].[SbH3].[SnH2]. The van der Waals surface area contributed by atoms with Crippen LogP contribution in [-0.4, -0.2) is 48.3 Å². The molecule has 0 amide bonds. The molecule has 0 aliphatic heterocycles. The molecule has 4 heteroatoms. The third kappa shape index (κ3) is 8.82. The topological polar surface area (TPSA) is 0 Å². The molecule has 0 aromatic carbocycles. The van der Waals surface area contributed by atoms with E-state index in [1.54, 1.807) is 0 Å². The molecule has 1 atom stereocenters. The Morgan fingerprint density at radius 2 is 1.00 bits per heavy atom. The number of hydrogen-bond acceptors (Lipinski definition) is 0. The summed E-state index contributed by atoms with van der Waals surface area (Å²) in [6, 6.07) is 0. The first-order valence-corrected chi connectivity index (χ1v) is 0. The zero-order valence-corrected chi connectivity index (χ0v) is 13.1. The van der Waals surface area contributed by atoms with Crippen LogP contribution in [0.2, 0.25) is 0 Å². The molecule has 4 heavy (non-hydrogen) atoms. The summed E-state index contributed by atoms with van der Waals surface area (Å²) in [5.41, 5.74) is 0. The van der Waals surface area contributed by atoms with E-state index in [2.05, 4.69) is 0 Å². The second-order valence-electron chi connectivity index (χ2n) is 0. The maximum absolute atomic E-state index is 0. The van der Waals surface area contributed by atoms with Crippen molar-refractivity contribution in [2.75, 3.05) is 0 Å². The Bertz CT molecular complexity index is 8.00. The Kier molecular flexibility index (Phi) is 136. The van der Waals surface area contributed by atoms with Gasteiger partial charge in [0, 0.05) is 17.1 Å². The fraction of sp³-hybridized carbons (Fsp3) is 0. The molecule has 0 heterocycles. The Hall–Kier alpha value is 2.57. The van der Waals surface area contributed by atoms with E-state index in [4.69, 9.17) is 0 Å². The van der Waals surface area contributed by atoms with Crippen LogP contribution in [-0.2, 0) is 17.1 Å². The molecule has 0 aromatic rings. The van der Waals surface area contributed by atoms with Gasteiger partial charge in [0.2, 0.25) is 0 Å². The molecule has 0 nitrogen and oxygen atoms in total. The molecule has 0 aliphatic carbocycles. The molecule has 0 aliphatic rings. The van der Waals surface area contributed by atoms with Gasteiger partial charge in [-0.2, -0.15) is 9.90 Å². The van der Waals surface area contributed by atoms with Crippen LogP contribution in [0.3, 0.4) is 0 Å². The summed E-state index contributed by atoms with van der Waals surface area (Å²) >= 11 is 0. The zero-order valence-electron chi connectivity index (χ0n) is 2.47. The molecule has 0 spiro atoms. The van der Waals surface area contributed by atoms with E-state index >= 15 is 0 Å². The van der Waals surface area contributed by atoms with E-state index in [-0.39, 0.29) is 75.3 Å². The van der Waals surface area contributed by atoms with Crippen molar-refractivity contribution in [3.63, 3.8) is 0 Å². The summed E-state index contributed by atoms with van der Waals surface area (Å²) in [4.78, 5) is 0. The molecule has 0 N–H and O–H groups in total. The fourth-order valence-electron chi connectivity index (χ4n) is 0. The van der Waals surface area contributed by atoms with Gasteiger partial charge in [0.05, 0.1) is 0 Å².